The van der Waals surface area contributed by atoms with Crippen LogP contribution in [0, 0.1) is 0 Å². The SMILES string of the molecule is CN=C(CCN(C)C=O)NC. The van der Waals surface area contributed by atoms with Crippen molar-refractivity contribution in [3.8, 4) is 0 Å². The maximum Gasteiger partial charge on any atom is 0.209 e. The van der Waals surface area contributed by atoms with Crippen LogP contribution in [0.4, 0.5) is 0 Å². The molecule has 0 aromatic carbocycles. The third-order valence-electron chi connectivity index (χ3n) is 1.44. The van der Waals surface area contributed by atoms with Crippen molar-refractivity contribution in [2.75, 3.05) is 27.7 Å². The van der Waals surface area contributed by atoms with Crippen molar-refractivity contribution in [2.45, 2.75) is 6.42 Å². The molecule has 0 radical (unpaired) electrons. The van der Waals surface area contributed by atoms with E-state index in [0.29, 0.717) is 6.54 Å². The first-order chi connectivity index (χ1) is 5.24. The van der Waals surface area contributed by atoms with E-state index in [-0.39, 0.29) is 0 Å². The van der Waals surface area contributed by atoms with Gasteiger partial charge in [-0.1, -0.05) is 0 Å². The molecule has 0 aliphatic rings. The zero-order chi connectivity index (χ0) is 8.69. The second-order valence-electron chi connectivity index (χ2n) is 2.26. The Bertz CT molecular complexity index is 145. The van der Waals surface area contributed by atoms with Gasteiger partial charge in [0.1, 0.15) is 0 Å². The molecule has 64 valence electrons. The Hall–Kier alpha value is -1.06. The summed E-state index contributed by atoms with van der Waals surface area (Å²) in [5.74, 6) is 0.915. The van der Waals surface area contributed by atoms with Gasteiger partial charge in [0.05, 0.1) is 5.84 Å². The summed E-state index contributed by atoms with van der Waals surface area (Å²) in [6.07, 6.45) is 1.59. The number of carbonyl (C=O) groups is 1. The average Bonchev–Trinajstić information content (AvgIpc) is 2.06. The average molecular weight is 157 g/mol. The van der Waals surface area contributed by atoms with E-state index in [9.17, 15) is 4.79 Å². The Morgan fingerprint density at radius 1 is 1.73 bits per heavy atom. The minimum absolute atomic E-state index is 0.705. The van der Waals surface area contributed by atoms with Gasteiger partial charge in [0.15, 0.2) is 0 Å². The molecule has 0 unspecified atom stereocenters. The molecule has 0 saturated heterocycles. The van der Waals surface area contributed by atoms with Gasteiger partial charge in [-0.2, -0.15) is 0 Å². The molecule has 0 aromatic rings. The molecule has 0 aliphatic heterocycles. The molecule has 0 aliphatic carbocycles. The van der Waals surface area contributed by atoms with Crippen LogP contribution < -0.4 is 5.32 Å². The van der Waals surface area contributed by atoms with E-state index in [1.165, 1.54) is 0 Å². The minimum atomic E-state index is 0.705. The molecule has 11 heavy (non-hydrogen) atoms. The van der Waals surface area contributed by atoms with E-state index in [2.05, 4.69) is 10.3 Å². The molecule has 0 bridgehead atoms. The van der Waals surface area contributed by atoms with Crippen LogP contribution in [0.3, 0.4) is 0 Å². The maximum absolute atomic E-state index is 10.2. The van der Waals surface area contributed by atoms with Gasteiger partial charge in [-0.3, -0.25) is 9.79 Å². The highest BCUT2D eigenvalue weighted by Gasteiger charge is 1.96. The van der Waals surface area contributed by atoms with Crippen LogP contribution in [0.2, 0.25) is 0 Å². The Labute approximate surface area is 67.3 Å². The first-order valence-corrected chi connectivity index (χ1v) is 3.53. The highest BCUT2D eigenvalue weighted by atomic mass is 16.1. The Morgan fingerprint density at radius 3 is 2.73 bits per heavy atom. The number of hydrogen-bond acceptors (Lipinski definition) is 2. The van der Waals surface area contributed by atoms with Crippen LogP contribution in [0.5, 0.6) is 0 Å². The largest absolute Gasteiger partial charge is 0.377 e. The van der Waals surface area contributed by atoms with Gasteiger partial charge in [0.25, 0.3) is 0 Å². The summed E-state index contributed by atoms with van der Waals surface area (Å²) < 4.78 is 0. The smallest absolute Gasteiger partial charge is 0.209 e. The van der Waals surface area contributed by atoms with Crippen molar-refractivity contribution >= 4 is 12.2 Å². The van der Waals surface area contributed by atoms with E-state index >= 15 is 0 Å². The monoisotopic (exact) mass is 157 g/mol. The quantitative estimate of drug-likeness (QED) is 0.346. The lowest BCUT2D eigenvalue weighted by atomic mass is 10.4. The number of nitrogens with one attached hydrogen (secondary N) is 1. The zero-order valence-corrected chi connectivity index (χ0v) is 7.29. The zero-order valence-electron chi connectivity index (χ0n) is 7.29. The Morgan fingerprint density at radius 2 is 2.36 bits per heavy atom. The number of nitrogens with zero attached hydrogens (tertiary/aromatic N) is 2. The first-order valence-electron chi connectivity index (χ1n) is 3.53. The summed E-state index contributed by atoms with van der Waals surface area (Å²) in [5.41, 5.74) is 0. The van der Waals surface area contributed by atoms with Gasteiger partial charge < -0.3 is 10.2 Å². The summed E-state index contributed by atoms with van der Waals surface area (Å²) in [4.78, 5) is 15.7. The summed E-state index contributed by atoms with van der Waals surface area (Å²) >= 11 is 0. The van der Waals surface area contributed by atoms with Crippen LogP contribution in [0.1, 0.15) is 6.42 Å². The summed E-state index contributed by atoms with van der Waals surface area (Å²) in [7, 11) is 5.30. The van der Waals surface area contributed by atoms with E-state index in [4.69, 9.17) is 0 Å². The fourth-order valence-corrected chi connectivity index (χ4v) is 0.684. The molecule has 1 N–H and O–H groups in total. The third-order valence-corrected chi connectivity index (χ3v) is 1.44. The molecule has 0 heterocycles. The van der Waals surface area contributed by atoms with E-state index < -0.39 is 0 Å². The summed E-state index contributed by atoms with van der Waals surface area (Å²) in [6.45, 7) is 0.705. The fraction of sp³-hybridized carbons (Fsp3) is 0.714. The number of hydrogen-bond donors (Lipinski definition) is 1. The highest BCUT2D eigenvalue weighted by molar-refractivity contribution is 5.82. The second kappa shape index (κ2) is 5.70. The van der Waals surface area contributed by atoms with Gasteiger partial charge in [-0.25, -0.2) is 0 Å². The molecular weight excluding hydrogens is 142 g/mol. The van der Waals surface area contributed by atoms with Crippen molar-refractivity contribution in [3.05, 3.63) is 0 Å². The van der Waals surface area contributed by atoms with Crippen molar-refractivity contribution in [1.82, 2.24) is 10.2 Å². The Kier molecular flexibility index (Phi) is 5.15. The minimum Gasteiger partial charge on any atom is -0.377 e. The van der Waals surface area contributed by atoms with Crippen molar-refractivity contribution in [3.63, 3.8) is 0 Å². The van der Waals surface area contributed by atoms with E-state index in [1.807, 2.05) is 7.05 Å². The predicted molar refractivity (Wildman–Crippen MR) is 45.7 cm³/mol. The normalized spacial score (nSPS) is 11.0. The lowest BCUT2D eigenvalue weighted by molar-refractivity contribution is -0.116. The molecule has 0 saturated carbocycles. The molecule has 4 nitrogen and oxygen atoms in total. The first kappa shape index (κ1) is 9.94. The molecule has 0 spiro atoms. The fourth-order valence-electron chi connectivity index (χ4n) is 0.684. The van der Waals surface area contributed by atoms with Gasteiger partial charge in [0, 0.05) is 34.1 Å². The van der Waals surface area contributed by atoms with Crippen LogP contribution in [0.25, 0.3) is 0 Å². The molecule has 0 aromatic heterocycles. The van der Waals surface area contributed by atoms with Gasteiger partial charge in [0.2, 0.25) is 6.41 Å². The maximum atomic E-state index is 10.2. The molecule has 1 amide bonds. The van der Waals surface area contributed by atoms with Crippen LogP contribution in [-0.4, -0.2) is 44.8 Å². The lowest BCUT2D eigenvalue weighted by Gasteiger charge is -2.10. The number of carbonyl (C=O) groups excluding carboxylic acids is 1. The lowest BCUT2D eigenvalue weighted by Crippen LogP contribution is -2.25. The number of amidine groups is 1. The molecule has 0 atom stereocenters. The van der Waals surface area contributed by atoms with Gasteiger partial charge in [-0.05, 0) is 0 Å². The van der Waals surface area contributed by atoms with E-state index in [0.717, 1.165) is 18.7 Å². The summed E-state index contributed by atoms with van der Waals surface area (Å²) in [5, 5.41) is 2.94. The predicted octanol–water partition coefficient (Wildman–Crippen LogP) is -0.288. The van der Waals surface area contributed by atoms with Gasteiger partial charge >= 0.3 is 0 Å². The summed E-state index contributed by atoms with van der Waals surface area (Å²) in [6, 6.07) is 0. The highest BCUT2D eigenvalue weighted by Crippen LogP contribution is 1.84. The van der Waals surface area contributed by atoms with E-state index in [1.54, 1.807) is 19.0 Å². The number of aliphatic imine (C=N–C) groups is 1. The molecule has 0 fully saturated rings. The standard InChI is InChI=1S/C7H15N3O/c1-8-7(9-2)4-5-10(3)6-11/h6H,4-5H2,1-3H3,(H,8,9). The Balaban J connectivity index is 3.59. The second-order valence-corrected chi connectivity index (χ2v) is 2.26. The molecule has 0 rings (SSSR count). The van der Waals surface area contributed by atoms with Crippen molar-refractivity contribution in [1.29, 1.82) is 0 Å². The third kappa shape index (κ3) is 4.36. The van der Waals surface area contributed by atoms with Crippen LogP contribution in [-0.2, 0) is 4.79 Å². The van der Waals surface area contributed by atoms with Gasteiger partial charge in [-0.15, -0.1) is 0 Å². The van der Waals surface area contributed by atoms with Crippen molar-refractivity contribution < 1.29 is 4.79 Å². The molecular formula is C7H15N3O. The van der Waals surface area contributed by atoms with Crippen LogP contribution in [0.15, 0.2) is 4.99 Å². The number of amides is 1. The number of rotatable bonds is 4. The topological polar surface area (TPSA) is 44.7 Å². The molecule has 4 heteroatoms. The van der Waals surface area contributed by atoms with Crippen LogP contribution >= 0.6 is 0 Å². The van der Waals surface area contributed by atoms with Crippen molar-refractivity contribution in [2.24, 2.45) is 4.99 Å².